The summed E-state index contributed by atoms with van der Waals surface area (Å²) in [7, 11) is 0. The number of nitrogens with two attached hydrogens (primary N) is 1. The van der Waals surface area contributed by atoms with Crippen LogP contribution in [0.4, 0.5) is 17.1 Å². The summed E-state index contributed by atoms with van der Waals surface area (Å²) in [6.45, 7) is 0. The number of anilines is 3. The van der Waals surface area contributed by atoms with Crippen LogP contribution in [0, 0.1) is 11.3 Å². The summed E-state index contributed by atoms with van der Waals surface area (Å²) in [5.41, 5.74) is 8.83. The van der Waals surface area contributed by atoms with Crippen molar-refractivity contribution >= 4 is 33.0 Å². The number of hydrogen-bond donors (Lipinski definition) is 2. The molecule has 0 unspecified atom stereocenters. The topological polar surface area (TPSA) is 61.8 Å². The maximum atomic E-state index is 8.82. The molecule has 0 bridgehead atoms. The van der Waals surface area contributed by atoms with E-state index in [1.807, 2.05) is 36.4 Å². The first-order valence-electron chi connectivity index (χ1n) is 5.01. The van der Waals surface area contributed by atoms with E-state index < -0.39 is 0 Å². The molecule has 0 saturated carbocycles. The number of halogens is 1. The Hall–Kier alpha value is -1.99. The van der Waals surface area contributed by atoms with Gasteiger partial charge in [-0.05, 0) is 58.4 Å². The molecular formula is C13H10BrN3. The molecule has 2 aromatic carbocycles. The minimum Gasteiger partial charge on any atom is -0.399 e. The van der Waals surface area contributed by atoms with E-state index in [-0.39, 0.29) is 0 Å². The van der Waals surface area contributed by atoms with Gasteiger partial charge in [-0.1, -0.05) is 0 Å². The molecule has 0 amide bonds. The zero-order valence-corrected chi connectivity index (χ0v) is 10.5. The largest absolute Gasteiger partial charge is 0.399 e. The standard InChI is InChI=1S/C13H10BrN3/c14-13-7-12(4-1-9(13)8-15)17-11-5-2-10(16)3-6-11/h1-7,17H,16H2. The van der Waals surface area contributed by atoms with Crippen LogP contribution in [0.1, 0.15) is 5.56 Å². The molecule has 0 heterocycles. The molecule has 4 heteroatoms. The molecule has 0 aromatic heterocycles. The van der Waals surface area contributed by atoms with Crippen LogP contribution in [0.5, 0.6) is 0 Å². The first kappa shape index (κ1) is 11.5. The van der Waals surface area contributed by atoms with Crippen LogP contribution >= 0.6 is 15.9 Å². The lowest BCUT2D eigenvalue weighted by atomic mass is 10.2. The third-order valence-electron chi connectivity index (χ3n) is 2.29. The van der Waals surface area contributed by atoms with Gasteiger partial charge in [0.15, 0.2) is 0 Å². The average molecular weight is 288 g/mol. The highest BCUT2D eigenvalue weighted by Crippen LogP contribution is 2.24. The Morgan fingerprint density at radius 1 is 1.06 bits per heavy atom. The lowest BCUT2D eigenvalue weighted by molar-refractivity contribution is 1.45. The number of benzene rings is 2. The Kier molecular flexibility index (Phi) is 3.31. The Morgan fingerprint density at radius 2 is 1.71 bits per heavy atom. The van der Waals surface area contributed by atoms with Crippen LogP contribution in [-0.2, 0) is 0 Å². The Bertz CT molecular complexity index is 570. The van der Waals surface area contributed by atoms with Crippen molar-refractivity contribution in [3.8, 4) is 6.07 Å². The molecule has 2 rings (SSSR count). The van der Waals surface area contributed by atoms with Gasteiger partial charge in [-0.3, -0.25) is 0 Å². The molecule has 0 fully saturated rings. The van der Waals surface area contributed by atoms with E-state index in [0.717, 1.165) is 21.5 Å². The number of nitriles is 1. The predicted molar refractivity (Wildman–Crippen MR) is 73.0 cm³/mol. The molecule has 2 aromatic rings. The normalized spacial score (nSPS) is 9.65. The average Bonchev–Trinajstić information content (AvgIpc) is 2.32. The van der Waals surface area contributed by atoms with E-state index >= 15 is 0 Å². The van der Waals surface area contributed by atoms with Crippen molar-refractivity contribution in [3.05, 3.63) is 52.5 Å². The highest BCUT2D eigenvalue weighted by molar-refractivity contribution is 9.10. The lowest BCUT2D eigenvalue weighted by Gasteiger charge is -2.07. The summed E-state index contributed by atoms with van der Waals surface area (Å²) in [6, 6.07) is 15.1. The quantitative estimate of drug-likeness (QED) is 0.829. The van der Waals surface area contributed by atoms with Crippen LogP contribution in [0.2, 0.25) is 0 Å². The monoisotopic (exact) mass is 287 g/mol. The van der Waals surface area contributed by atoms with Crippen LogP contribution in [-0.4, -0.2) is 0 Å². The molecule has 0 spiro atoms. The molecule has 17 heavy (non-hydrogen) atoms. The van der Waals surface area contributed by atoms with Gasteiger partial charge in [0.05, 0.1) is 5.56 Å². The van der Waals surface area contributed by atoms with Crippen LogP contribution in [0.25, 0.3) is 0 Å². The molecule has 3 N–H and O–H groups in total. The Labute approximate surface area is 108 Å². The molecule has 0 aliphatic carbocycles. The highest BCUT2D eigenvalue weighted by Gasteiger charge is 2.00. The second-order valence-electron chi connectivity index (χ2n) is 3.55. The molecule has 0 aliphatic rings. The van der Waals surface area contributed by atoms with E-state index in [0.29, 0.717) is 5.56 Å². The van der Waals surface area contributed by atoms with E-state index in [1.165, 1.54) is 0 Å². The van der Waals surface area contributed by atoms with Gasteiger partial charge in [-0.25, -0.2) is 0 Å². The minimum atomic E-state index is 0.618. The van der Waals surface area contributed by atoms with Crippen LogP contribution in [0.15, 0.2) is 46.9 Å². The van der Waals surface area contributed by atoms with E-state index in [1.54, 1.807) is 6.07 Å². The van der Waals surface area contributed by atoms with E-state index in [9.17, 15) is 0 Å². The fourth-order valence-corrected chi connectivity index (χ4v) is 1.88. The number of rotatable bonds is 2. The molecule has 0 saturated heterocycles. The number of nitrogens with one attached hydrogen (secondary N) is 1. The molecular weight excluding hydrogens is 278 g/mol. The Morgan fingerprint density at radius 3 is 2.29 bits per heavy atom. The summed E-state index contributed by atoms with van der Waals surface area (Å²) in [6.07, 6.45) is 0. The van der Waals surface area contributed by atoms with Crippen molar-refractivity contribution < 1.29 is 0 Å². The number of nitrogens with zero attached hydrogens (tertiary/aromatic N) is 1. The summed E-state index contributed by atoms with van der Waals surface area (Å²) in [5.74, 6) is 0. The first-order valence-corrected chi connectivity index (χ1v) is 5.80. The zero-order valence-electron chi connectivity index (χ0n) is 8.94. The summed E-state index contributed by atoms with van der Waals surface area (Å²) in [4.78, 5) is 0. The molecule has 0 atom stereocenters. The SMILES string of the molecule is N#Cc1ccc(Nc2ccc(N)cc2)cc1Br. The van der Waals surface area contributed by atoms with Gasteiger partial charge in [-0.2, -0.15) is 5.26 Å². The zero-order chi connectivity index (χ0) is 12.3. The van der Waals surface area contributed by atoms with Gasteiger partial charge < -0.3 is 11.1 Å². The maximum absolute atomic E-state index is 8.82. The summed E-state index contributed by atoms with van der Waals surface area (Å²) >= 11 is 3.35. The van der Waals surface area contributed by atoms with Gasteiger partial charge in [0.25, 0.3) is 0 Å². The molecule has 0 aliphatic heterocycles. The molecule has 84 valence electrons. The lowest BCUT2D eigenvalue weighted by Crippen LogP contribution is -1.91. The van der Waals surface area contributed by atoms with Crippen molar-refractivity contribution in [3.63, 3.8) is 0 Å². The summed E-state index contributed by atoms with van der Waals surface area (Å²) < 4.78 is 0.778. The van der Waals surface area contributed by atoms with Gasteiger partial charge in [0.2, 0.25) is 0 Å². The van der Waals surface area contributed by atoms with E-state index in [4.69, 9.17) is 11.0 Å². The first-order chi connectivity index (χ1) is 8.19. The third-order valence-corrected chi connectivity index (χ3v) is 2.94. The summed E-state index contributed by atoms with van der Waals surface area (Å²) in [5, 5.41) is 12.0. The Balaban J connectivity index is 2.22. The molecule has 0 radical (unpaired) electrons. The van der Waals surface area contributed by atoms with E-state index in [2.05, 4.69) is 27.3 Å². The minimum absolute atomic E-state index is 0.618. The van der Waals surface area contributed by atoms with Crippen molar-refractivity contribution in [1.82, 2.24) is 0 Å². The third kappa shape index (κ3) is 2.77. The smallest absolute Gasteiger partial charge is 0.100 e. The van der Waals surface area contributed by atoms with Gasteiger partial charge in [0, 0.05) is 21.5 Å². The van der Waals surface area contributed by atoms with Gasteiger partial charge >= 0.3 is 0 Å². The molecule has 3 nitrogen and oxygen atoms in total. The second kappa shape index (κ2) is 4.89. The number of hydrogen-bond acceptors (Lipinski definition) is 3. The van der Waals surface area contributed by atoms with Crippen molar-refractivity contribution in [1.29, 1.82) is 5.26 Å². The fourth-order valence-electron chi connectivity index (χ4n) is 1.42. The van der Waals surface area contributed by atoms with Gasteiger partial charge in [0.1, 0.15) is 6.07 Å². The van der Waals surface area contributed by atoms with Crippen LogP contribution in [0.3, 0.4) is 0 Å². The number of nitrogen functional groups attached to an aromatic ring is 1. The predicted octanol–water partition coefficient (Wildman–Crippen LogP) is 3.65. The second-order valence-corrected chi connectivity index (χ2v) is 4.41. The fraction of sp³-hybridized carbons (Fsp3) is 0. The van der Waals surface area contributed by atoms with Crippen molar-refractivity contribution in [2.75, 3.05) is 11.1 Å². The van der Waals surface area contributed by atoms with Crippen LogP contribution < -0.4 is 11.1 Å². The van der Waals surface area contributed by atoms with Gasteiger partial charge in [-0.15, -0.1) is 0 Å². The van der Waals surface area contributed by atoms with Crippen molar-refractivity contribution in [2.45, 2.75) is 0 Å². The van der Waals surface area contributed by atoms with Crippen molar-refractivity contribution in [2.24, 2.45) is 0 Å². The maximum Gasteiger partial charge on any atom is 0.100 e. The highest BCUT2D eigenvalue weighted by atomic mass is 79.9.